The van der Waals surface area contributed by atoms with Crippen LogP contribution in [0.3, 0.4) is 0 Å². The summed E-state index contributed by atoms with van der Waals surface area (Å²) < 4.78 is 10.2. The molecular formula is C10H13N3O3. The number of amidine groups is 1. The van der Waals surface area contributed by atoms with Crippen LogP contribution in [0.25, 0.3) is 0 Å². The van der Waals surface area contributed by atoms with Gasteiger partial charge >= 0.3 is 0 Å². The third-order valence-electron chi connectivity index (χ3n) is 1.85. The lowest BCUT2D eigenvalue weighted by Crippen LogP contribution is -2.22. The lowest BCUT2D eigenvalue weighted by molar-refractivity contribution is -0.119. The first-order valence-electron chi connectivity index (χ1n) is 4.48. The van der Waals surface area contributed by atoms with Gasteiger partial charge in [0.15, 0.2) is 18.1 Å². The van der Waals surface area contributed by atoms with Crippen molar-refractivity contribution in [1.82, 2.24) is 0 Å². The minimum Gasteiger partial charge on any atom is -0.493 e. The second-order valence-electron chi connectivity index (χ2n) is 3.01. The van der Waals surface area contributed by atoms with Gasteiger partial charge in [0.05, 0.1) is 12.7 Å². The first-order chi connectivity index (χ1) is 7.56. The molecule has 0 heterocycles. The highest BCUT2D eigenvalue weighted by molar-refractivity contribution is 5.98. The average molecular weight is 223 g/mol. The Morgan fingerprint density at radius 1 is 1.44 bits per heavy atom. The molecule has 86 valence electrons. The summed E-state index contributed by atoms with van der Waals surface area (Å²) in [5, 5.41) is 7.36. The zero-order chi connectivity index (χ0) is 12.1. The van der Waals surface area contributed by atoms with Crippen LogP contribution in [0, 0.1) is 5.41 Å². The zero-order valence-electron chi connectivity index (χ0n) is 8.82. The number of carbonyl (C=O) groups is 1. The molecule has 6 heteroatoms. The van der Waals surface area contributed by atoms with E-state index in [0.717, 1.165) is 0 Å². The largest absolute Gasteiger partial charge is 0.493 e. The molecule has 6 nitrogen and oxygen atoms in total. The van der Waals surface area contributed by atoms with Crippen molar-refractivity contribution in [3.63, 3.8) is 0 Å². The quantitative estimate of drug-likeness (QED) is 0.475. The molecule has 5 N–H and O–H groups in total. The molecule has 1 aromatic carbocycles. The number of nitrogen functional groups attached to an aromatic ring is 1. The van der Waals surface area contributed by atoms with Gasteiger partial charge in [-0.1, -0.05) is 6.07 Å². The van der Waals surface area contributed by atoms with Crippen molar-refractivity contribution in [2.75, 3.05) is 13.7 Å². The monoisotopic (exact) mass is 223 g/mol. The summed E-state index contributed by atoms with van der Waals surface area (Å²) in [6.45, 7) is -0.291. The fourth-order valence-electron chi connectivity index (χ4n) is 1.18. The maximum absolute atomic E-state index is 10.6. The number of hydrogen-bond acceptors (Lipinski definition) is 4. The van der Waals surface area contributed by atoms with Gasteiger partial charge in [-0.15, -0.1) is 0 Å². The van der Waals surface area contributed by atoms with Gasteiger partial charge in [-0.05, 0) is 12.1 Å². The van der Waals surface area contributed by atoms with Crippen LogP contribution >= 0.6 is 0 Å². The van der Waals surface area contributed by atoms with E-state index in [1.807, 2.05) is 0 Å². The molecule has 0 aliphatic rings. The molecule has 0 spiro atoms. The number of benzene rings is 1. The molecular weight excluding hydrogens is 210 g/mol. The Balaban J connectivity index is 3.09. The van der Waals surface area contributed by atoms with Crippen LogP contribution in [0.15, 0.2) is 18.2 Å². The van der Waals surface area contributed by atoms with Gasteiger partial charge < -0.3 is 20.9 Å². The van der Waals surface area contributed by atoms with Gasteiger partial charge in [-0.3, -0.25) is 10.2 Å². The normalized spacial score (nSPS) is 9.56. The van der Waals surface area contributed by atoms with E-state index in [0.29, 0.717) is 11.3 Å². The van der Waals surface area contributed by atoms with Crippen LogP contribution in [0.1, 0.15) is 5.56 Å². The fraction of sp³-hybridized carbons (Fsp3) is 0.200. The van der Waals surface area contributed by atoms with Crippen molar-refractivity contribution in [3.8, 4) is 11.5 Å². The van der Waals surface area contributed by atoms with Crippen molar-refractivity contribution in [2.24, 2.45) is 11.5 Å². The SMILES string of the molecule is COc1cccc(C(=N)N)c1OCC(N)=O. The number of nitrogens with two attached hydrogens (primary N) is 2. The standard InChI is InChI=1S/C10H13N3O3/c1-15-7-4-2-3-6(10(12)13)9(7)16-5-8(11)14/h2-4H,5H2,1H3,(H2,11,14)(H3,12,13). The first kappa shape index (κ1) is 11.8. The number of para-hydroxylation sites is 1. The Hall–Kier alpha value is -2.24. The van der Waals surface area contributed by atoms with Crippen LogP contribution in [-0.2, 0) is 4.79 Å². The van der Waals surface area contributed by atoms with Crippen molar-refractivity contribution in [2.45, 2.75) is 0 Å². The molecule has 0 radical (unpaired) electrons. The van der Waals surface area contributed by atoms with E-state index >= 15 is 0 Å². The summed E-state index contributed by atoms with van der Waals surface area (Å²) in [5.74, 6) is -0.135. The van der Waals surface area contributed by atoms with E-state index < -0.39 is 5.91 Å². The van der Waals surface area contributed by atoms with Gasteiger partial charge in [-0.25, -0.2) is 0 Å². The first-order valence-corrected chi connectivity index (χ1v) is 4.48. The molecule has 0 fully saturated rings. The molecule has 0 atom stereocenters. The Bertz CT molecular complexity index is 418. The summed E-state index contributed by atoms with van der Waals surface area (Å²) in [6.07, 6.45) is 0. The highest BCUT2D eigenvalue weighted by atomic mass is 16.5. The van der Waals surface area contributed by atoms with E-state index in [4.69, 9.17) is 26.4 Å². The highest BCUT2D eigenvalue weighted by Gasteiger charge is 2.13. The number of primary amides is 1. The Morgan fingerprint density at radius 2 is 2.12 bits per heavy atom. The Labute approximate surface area is 92.6 Å². The van der Waals surface area contributed by atoms with E-state index in [1.54, 1.807) is 18.2 Å². The predicted molar refractivity (Wildman–Crippen MR) is 58.7 cm³/mol. The van der Waals surface area contributed by atoms with Gasteiger partial charge in [0.1, 0.15) is 5.84 Å². The number of amides is 1. The second-order valence-corrected chi connectivity index (χ2v) is 3.01. The molecule has 0 unspecified atom stereocenters. The smallest absolute Gasteiger partial charge is 0.255 e. The number of hydrogen-bond donors (Lipinski definition) is 3. The lowest BCUT2D eigenvalue weighted by atomic mass is 10.1. The minimum atomic E-state index is -0.611. The van der Waals surface area contributed by atoms with Gasteiger partial charge in [0.25, 0.3) is 5.91 Å². The van der Waals surface area contributed by atoms with Crippen LogP contribution < -0.4 is 20.9 Å². The summed E-state index contributed by atoms with van der Waals surface area (Å²) in [5.41, 5.74) is 10.7. The van der Waals surface area contributed by atoms with Crippen molar-refractivity contribution in [1.29, 1.82) is 5.41 Å². The maximum Gasteiger partial charge on any atom is 0.255 e. The maximum atomic E-state index is 10.6. The predicted octanol–water partition coefficient (Wildman–Crippen LogP) is -0.157. The van der Waals surface area contributed by atoms with Gasteiger partial charge in [0.2, 0.25) is 0 Å². The second kappa shape index (κ2) is 5.01. The number of ether oxygens (including phenoxy) is 2. The molecule has 1 aromatic rings. The summed E-state index contributed by atoms with van der Waals surface area (Å²) >= 11 is 0. The van der Waals surface area contributed by atoms with E-state index in [2.05, 4.69) is 0 Å². The Morgan fingerprint density at radius 3 is 2.62 bits per heavy atom. The molecule has 0 bridgehead atoms. The van der Waals surface area contributed by atoms with Crippen molar-refractivity contribution in [3.05, 3.63) is 23.8 Å². The summed E-state index contributed by atoms with van der Waals surface area (Å²) in [4.78, 5) is 10.6. The lowest BCUT2D eigenvalue weighted by Gasteiger charge is -2.12. The molecule has 0 aliphatic heterocycles. The molecule has 0 aliphatic carbocycles. The van der Waals surface area contributed by atoms with Crippen LogP contribution in [0.2, 0.25) is 0 Å². The summed E-state index contributed by atoms with van der Waals surface area (Å²) in [7, 11) is 1.45. The molecule has 0 saturated carbocycles. The number of carbonyl (C=O) groups excluding carboxylic acids is 1. The highest BCUT2D eigenvalue weighted by Crippen LogP contribution is 2.30. The van der Waals surface area contributed by atoms with Crippen LogP contribution in [-0.4, -0.2) is 25.5 Å². The number of nitrogens with one attached hydrogen (secondary N) is 1. The average Bonchev–Trinajstić information content (AvgIpc) is 2.25. The van der Waals surface area contributed by atoms with E-state index in [1.165, 1.54) is 7.11 Å². The van der Waals surface area contributed by atoms with Crippen LogP contribution in [0.5, 0.6) is 11.5 Å². The number of methoxy groups -OCH3 is 1. The molecule has 16 heavy (non-hydrogen) atoms. The van der Waals surface area contributed by atoms with E-state index in [9.17, 15) is 4.79 Å². The molecule has 1 rings (SSSR count). The fourth-order valence-corrected chi connectivity index (χ4v) is 1.18. The van der Waals surface area contributed by atoms with Crippen molar-refractivity contribution >= 4 is 11.7 Å². The molecule has 1 amide bonds. The zero-order valence-corrected chi connectivity index (χ0v) is 8.82. The topological polar surface area (TPSA) is 111 Å². The van der Waals surface area contributed by atoms with Crippen molar-refractivity contribution < 1.29 is 14.3 Å². The summed E-state index contributed by atoms with van der Waals surface area (Å²) in [6, 6.07) is 4.91. The van der Waals surface area contributed by atoms with Gasteiger partial charge in [0, 0.05) is 0 Å². The van der Waals surface area contributed by atoms with Crippen LogP contribution in [0.4, 0.5) is 0 Å². The number of rotatable bonds is 5. The third-order valence-corrected chi connectivity index (χ3v) is 1.85. The van der Waals surface area contributed by atoms with E-state index in [-0.39, 0.29) is 18.2 Å². The van der Waals surface area contributed by atoms with Gasteiger partial charge in [-0.2, -0.15) is 0 Å². The molecule has 0 aromatic heterocycles. The Kier molecular flexibility index (Phi) is 3.71. The minimum absolute atomic E-state index is 0.168. The third kappa shape index (κ3) is 2.63. The molecule has 0 saturated heterocycles.